The van der Waals surface area contributed by atoms with Gasteiger partial charge in [0.1, 0.15) is 5.82 Å². The number of pyridine rings is 1. The normalized spacial score (nSPS) is 20.1. The fourth-order valence-electron chi connectivity index (χ4n) is 2.79. The highest BCUT2D eigenvalue weighted by molar-refractivity contribution is 5.44. The van der Waals surface area contributed by atoms with E-state index in [1.54, 1.807) is 0 Å². The number of rotatable bonds is 5. The molecular formula is C17H23N5O. The summed E-state index contributed by atoms with van der Waals surface area (Å²) in [5, 5.41) is 9.47. The van der Waals surface area contributed by atoms with E-state index in [0.29, 0.717) is 6.54 Å². The lowest BCUT2D eigenvalue weighted by molar-refractivity contribution is 0.0732. The zero-order chi connectivity index (χ0) is 16.4. The fraction of sp³-hybridized carbons (Fsp3) is 0.471. The molecule has 0 aromatic carbocycles. The molecule has 0 spiro atoms. The van der Waals surface area contributed by atoms with Crippen LogP contribution in [-0.4, -0.2) is 33.2 Å². The maximum atomic E-state index is 9.47. The van der Waals surface area contributed by atoms with E-state index in [1.807, 2.05) is 30.3 Å². The Morgan fingerprint density at radius 2 is 2.09 bits per heavy atom. The van der Waals surface area contributed by atoms with Crippen molar-refractivity contribution in [1.29, 1.82) is 0 Å². The number of aryl methyl sites for hydroxylation is 1. The minimum Gasteiger partial charge on any atom is -0.393 e. The van der Waals surface area contributed by atoms with Gasteiger partial charge in [-0.15, -0.1) is 0 Å². The number of anilines is 2. The summed E-state index contributed by atoms with van der Waals surface area (Å²) in [6, 6.07) is 6.11. The highest BCUT2D eigenvalue weighted by atomic mass is 16.3. The van der Waals surface area contributed by atoms with Gasteiger partial charge in [-0.2, -0.15) is 4.98 Å². The van der Waals surface area contributed by atoms with Crippen molar-refractivity contribution in [2.24, 2.45) is 0 Å². The smallest absolute Gasteiger partial charge is 0.222 e. The monoisotopic (exact) mass is 313 g/mol. The van der Waals surface area contributed by atoms with Crippen molar-refractivity contribution in [2.75, 3.05) is 17.7 Å². The molecule has 6 nitrogen and oxygen atoms in total. The molecule has 122 valence electrons. The Kier molecular flexibility index (Phi) is 4.43. The lowest BCUT2D eigenvalue weighted by Gasteiger charge is -2.31. The van der Waals surface area contributed by atoms with Gasteiger partial charge in [0.15, 0.2) is 0 Å². The van der Waals surface area contributed by atoms with Crippen molar-refractivity contribution < 1.29 is 5.11 Å². The fourth-order valence-corrected chi connectivity index (χ4v) is 2.79. The van der Waals surface area contributed by atoms with Gasteiger partial charge >= 0.3 is 0 Å². The molecule has 0 saturated heterocycles. The lowest BCUT2D eigenvalue weighted by atomic mass is 9.80. The van der Waals surface area contributed by atoms with Crippen molar-refractivity contribution in [3.63, 3.8) is 0 Å². The van der Waals surface area contributed by atoms with Gasteiger partial charge in [0.2, 0.25) is 5.95 Å². The quantitative estimate of drug-likeness (QED) is 0.876. The van der Waals surface area contributed by atoms with E-state index >= 15 is 0 Å². The predicted octanol–water partition coefficient (Wildman–Crippen LogP) is 1.89. The van der Waals surface area contributed by atoms with Crippen molar-refractivity contribution in [2.45, 2.75) is 44.8 Å². The molecule has 2 heterocycles. The second-order valence-electron chi connectivity index (χ2n) is 6.20. The predicted molar refractivity (Wildman–Crippen MR) is 90.1 cm³/mol. The molecule has 0 bridgehead atoms. The summed E-state index contributed by atoms with van der Waals surface area (Å²) in [7, 11) is 1.97. The number of aliphatic hydroxyl groups excluding tert-OH is 1. The van der Waals surface area contributed by atoms with Crippen molar-refractivity contribution >= 4 is 11.8 Å². The van der Waals surface area contributed by atoms with Gasteiger partial charge in [0, 0.05) is 25.2 Å². The molecule has 0 radical (unpaired) electrons. The maximum Gasteiger partial charge on any atom is 0.222 e. The molecule has 0 atom stereocenters. The van der Waals surface area contributed by atoms with Gasteiger partial charge in [0.25, 0.3) is 0 Å². The first-order valence-corrected chi connectivity index (χ1v) is 8.02. The van der Waals surface area contributed by atoms with Crippen molar-refractivity contribution in [1.82, 2.24) is 15.0 Å². The first-order chi connectivity index (χ1) is 11.0. The Balaban J connectivity index is 1.74. The Morgan fingerprint density at radius 3 is 2.70 bits per heavy atom. The van der Waals surface area contributed by atoms with Crippen LogP contribution in [0.15, 0.2) is 24.4 Å². The van der Waals surface area contributed by atoms with Crippen LogP contribution in [0.4, 0.5) is 11.8 Å². The molecule has 0 aliphatic heterocycles. The molecule has 6 heteroatoms. The van der Waals surface area contributed by atoms with Crippen molar-refractivity contribution in [3.8, 4) is 0 Å². The first kappa shape index (κ1) is 15.7. The summed E-state index contributed by atoms with van der Waals surface area (Å²) in [6.45, 7) is 2.78. The number of nitrogen functional groups attached to an aromatic ring is 1. The van der Waals surface area contributed by atoms with E-state index in [-0.39, 0.29) is 18.0 Å². The number of hydrogen-bond donors (Lipinski definition) is 2. The molecule has 1 saturated carbocycles. The minimum atomic E-state index is -0.210. The summed E-state index contributed by atoms with van der Waals surface area (Å²) in [5.41, 5.74) is 8.99. The van der Waals surface area contributed by atoms with Crippen LogP contribution in [0.5, 0.6) is 0 Å². The molecule has 1 aliphatic rings. The summed E-state index contributed by atoms with van der Waals surface area (Å²) in [6.07, 6.45) is 4.19. The second-order valence-corrected chi connectivity index (χ2v) is 6.20. The first-order valence-electron chi connectivity index (χ1n) is 8.02. The average molecular weight is 313 g/mol. The van der Waals surface area contributed by atoms with Gasteiger partial charge in [-0.25, -0.2) is 4.98 Å². The third-order valence-electron chi connectivity index (χ3n) is 4.37. The van der Waals surface area contributed by atoms with Crippen LogP contribution in [-0.2, 0) is 13.0 Å². The zero-order valence-electron chi connectivity index (χ0n) is 13.6. The number of aromatic nitrogens is 3. The molecule has 0 amide bonds. The molecule has 0 unspecified atom stereocenters. The van der Waals surface area contributed by atoms with Crippen LogP contribution < -0.4 is 10.6 Å². The third kappa shape index (κ3) is 3.59. The van der Waals surface area contributed by atoms with Crippen LogP contribution in [0.2, 0.25) is 0 Å². The topological polar surface area (TPSA) is 88.2 Å². The standard InChI is InChI=1S/C17H23N5O/c1-3-11-4-5-13(19-9-11)10-22(2)16-8-15(20-17(18)21-16)12-6-14(23)7-12/h4-5,8-9,12,14,23H,3,6-7,10H2,1-2H3,(H2,18,20,21). The Morgan fingerprint density at radius 1 is 1.30 bits per heavy atom. The summed E-state index contributed by atoms with van der Waals surface area (Å²) in [5.74, 6) is 1.35. The SMILES string of the molecule is CCc1ccc(CN(C)c2cc(C3CC(O)C3)nc(N)n2)nc1. The van der Waals surface area contributed by atoms with Gasteiger partial charge in [-0.05, 0) is 30.9 Å². The van der Waals surface area contributed by atoms with Crippen LogP contribution >= 0.6 is 0 Å². The van der Waals surface area contributed by atoms with Crippen LogP contribution in [0.25, 0.3) is 0 Å². The van der Waals surface area contributed by atoms with Gasteiger partial charge in [0.05, 0.1) is 24.0 Å². The highest BCUT2D eigenvalue weighted by Crippen LogP contribution is 2.36. The van der Waals surface area contributed by atoms with E-state index < -0.39 is 0 Å². The van der Waals surface area contributed by atoms with E-state index in [1.165, 1.54) is 5.56 Å². The summed E-state index contributed by atoms with van der Waals surface area (Å²) >= 11 is 0. The average Bonchev–Trinajstić information content (AvgIpc) is 2.52. The molecule has 3 N–H and O–H groups in total. The molecule has 1 fully saturated rings. The summed E-state index contributed by atoms with van der Waals surface area (Å²) in [4.78, 5) is 15.1. The van der Waals surface area contributed by atoms with Crippen molar-refractivity contribution in [3.05, 3.63) is 41.3 Å². The van der Waals surface area contributed by atoms with Gasteiger partial charge in [-0.1, -0.05) is 13.0 Å². The van der Waals surface area contributed by atoms with E-state index in [4.69, 9.17) is 5.73 Å². The maximum absolute atomic E-state index is 9.47. The van der Waals surface area contributed by atoms with E-state index in [2.05, 4.69) is 27.9 Å². The number of nitrogens with zero attached hydrogens (tertiary/aromatic N) is 4. The zero-order valence-corrected chi connectivity index (χ0v) is 13.6. The molecule has 1 aliphatic carbocycles. The summed E-state index contributed by atoms with van der Waals surface area (Å²) < 4.78 is 0. The minimum absolute atomic E-state index is 0.210. The van der Waals surface area contributed by atoms with E-state index in [9.17, 15) is 5.11 Å². The molecular weight excluding hydrogens is 290 g/mol. The lowest BCUT2D eigenvalue weighted by Crippen LogP contribution is -2.28. The Hall–Kier alpha value is -2.21. The van der Waals surface area contributed by atoms with Crippen LogP contribution in [0.1, 0.15) is 42.6 Å². The van der Waals surface area contributed by atoms with E-state index in [0.717, 1.165) is 36.5 Å². The molecule has 2 aromatic heterocycles. The molecule has 3 rings (SSSR count). The Bertz CT molecular complexity index is 667. The van der Waals surface area contributed by atoms with Gasteiger partial charge in [-0.3, -0.25) is 4.98 Å². The van der Waals surface area contributed by atoms with Crippen LogP contribution in [0, 0.1) is 0 Å². The highest BCUT2D eigenvalue weighted by Gasteiger charge is 2.30. The third-order valence-corrected chi connectivity index (χ3v) is 4.37. The van der Waals surface area contributed by atoms with Gasteiger partial charge < -0.3 is 15.7 Å². The van der Waals surface area contributed by atoms with Crippen LogP contribution in [0.3, 0.4) is 0 Å². The second kappa shape index (κ2) is 6.50. The molecule has 2 aromatic rings. The molecule has 23 heavy (non-hydrogen) atoms. The number of aliphatic hydroxyl groups is 1. The largest absolute Gasteiger partial charge is 0.393 e. The Labute approximate surface area is 136 Å². The number of hydrogen-bond acceptors (Lipinski definition) is 6. The number of nitrogens with two attached hydrogens (primary N) is 1.